The van der Waals surface area contributed by atoms with Crippen LogP contribution in [0.1, 0.15) is 6.23 Å². The summed E-state index contributed by atoms with van der Waals surface area (Å²) in [7, 11) is -16.7. The zero-order chi connectivity index (χ0) is 23.2. The van der Waals surface area contributed by atoms with Gasteiger partial charge in [0.25, 0.3) is 0 Å². The second-order valence-electron chi connectivity index (χ2n) is 6.02. The minimum absolute atomic E-state index is 0.0426. The highest BCUT2D eigenvalue weighted by Gasteiger charge is 2.47. The van der Waals surface area contributed by atoms with E-state index >= 15 is 0 Å². The van der Waals surface area contributed by atoms with Gasteiger partial charge in [-0.3, -0.25) is 9.09 Å². The summed E-state index contributed by atoms with van der Waals surface area (Å²) in [5.41, 5.74) is 6.00. The van der Waals surface area contributed by atoms with E-state index in [-0.39, 0.29) is 17.0 Å². The molecule has 3 heterocycles. The van der Waals surface area contributed by atoms with Gasteiger partial charge in [0.2, 0.25) is 0 Å². The van der Waals surface area contributed by atoms with Crippen LogP contribution >= 0.6 is 23.5 Å². The lowest BCUT2D eigenvalue weighted by Gasteiger charge is -2.19. The van der Waals surface area contributed by atoms with Crippen molar-refractivity contribution < 1.29 is 61.4 Å². The van der Waals surface area contributed by atoms with Gasteiger partial charge in [-0.15, -0.1) is 0 Å². The summed E-state index contributed by atoms with van der Waals surface area (Å²) < 4.78 is 51.9. The van der Waals surface area contributed by atoms with E-state index in [0.717, 1.165) is 6.33 Å². The summed E-state index contributed by atoms with van der Waals surface area (Å²) in [6, 6.07) is 0. The highest BCUT2D eigenvalue weighted by molar-refractivity contribution is 7.66. The molecule has 0 spiro atoms. The molecule has 6 atom stereocenters. The van der Waals surface area contributed by atoms with Gasteiger partial charge in [-0.1, -0.05) is 0 Å². The van der Waals surface area contributed by atoms with Crippen LogP contribution in [-0.2, 0) is 31.6 Å². The van der Waals surface area contributed by atoms with Crippen LogP contribution in [0.25, 0.3) is 11.2 Å². The molecule has 2 unspecified atom stereocenters. The molecular formula is C10H16N5O13P3. The molecule has 174 valence electrons. The van der Waals surface area contributed by atoms with E-state index in [1.165, 1.54) is 10.9 Å². The first kappa shape index (κ1) is 24.3. The molecule has 0 bridgehead atoms. The second kappa shape index (κ2) is 8.53. The number of aliphatic hydroxyl groups is 2. The van der Waals surface area contributed by atoms with Crippen LogP contribution in [0.15, 0.2) is 12.7 Å². The zero-order valence-corrected chi connectivity index (χ0v) is 17.6. The molecule has 2 aromatic rings. The normalized spacial score (nSPS) is 28.5. The summed E-state index contributed by atoms with van der Waals surface area (Å²) in [4.78, 5) is 47.2. The van der Waals surface area contributed by atoms with Crippen LogP contribution in [0.3, 0.4) is 0 Å². The molecule has 1 aliphatic rings. The molecule has 0 aromatic carbocycles. The fourth-order valence-corrected chi connectivity index (χ4v) is 5.65. The number of ether oxygens (including phenoxy) is 1. The number of nitrogens with two attached hydrogens (primary N) is 1. The number of imidazole rings is 1. The lowest BCUT2D eigenvalue weighted by atomic mass is 10.1. The van der Waals surface area contributed by atoms with E-state index in [1.54, 1.807) is 0 Å². The third-order valence-corrected chi connectivity index (χ3v) is 7.62. The van der Waals surface area contributed by atoms with Crippen LogP contribution in [0.4, 0.5) is 5.82 Å². The summed E-state index contributed by atoms with van der Waals surface area (Å²) in [5.74, 6) is 0.0426. The Bertz CT molecular complexity index is 1100. The molecule has 1 saturated heterocycles. The summed E-state index contributed by atoms with van der Waals surface area (Å²) >= 11 is 0. The first-order valence-corrected chi connectivity index (χ1v) is 12.4. The van der Waals surface area contributed by atoms with Crippen LogP contribution in [-0.4, -0.2) is 74.2 Å². The molecule has 0 amide bonds. The first-order valence-electron chi connectivity index (χ1n) is 7.92. The lowest BCUT2D eigenvalue weighted by molar-refractivity contribution is -0.0503. The standard InChI is InChI=1S/C10H16N5O13P3/c11-8-5-9(13-2-12-8)15(3-14-5)10-7(17)6(16)4(26-10)1-25-30(21,22)28-31(23,24)27-29(18,19)20/h2-4,6-7,10,16-17H,1H2,(H,21,22)(H,23,24)(H2,11,12,13)(H2,18,19,20)/t4-,6+,7-,10-/m0/s1. The summed E-state index contributed by atoms with van der Waals surface area (Å²) in [5, 5.41) is 20.4. The number of fused-ring (bicyclic) bond motifs is 1. The van der Waals surface area contributed by atoms with E-state index in [9.17, 15) is 28.8 Å². The molecule has 31 heavy (non-hydrogen) atoms. The maximum absolute atomic E-state index is 11.8. The molecule has 21 heteroatoms. The summed E-state index contributed by atoms with van der Waals surface area (Å²) in [6.07, 6.45) is -3.69. The highest BCUT2D eigenvalue weighted by Crippen LogP contribution is 2.66. The Hall–Kier alpha value is -1.36. The average molecular weight is 507 g/mol. The number of phosphoric acid groups is 3. The van der Waals surface area contributed by atoms with Gasteiger partial charge >= 0.3 is 23.5 Å². The first-order chi connectivity index (χ1) is 14.2. The van der Waals surface area contributed by atoms with Crippen molar-refractivity contribution in [3.05, 3.63) is 12.7 Å². The molecule has 1 aliphatic heterocycles. The second-order valence-corrected chi connectivity index (χ2v) is 10.4. The number of nitrogen functional groups attached to an aromatic ring is 1. The number of aliphatic hydroxyl groups excluding tert-OH is 2. The third kappa shape index (κ3) is 5.71. The number of anilines is 1. The molecule has 3 rings (SSSR count). The Morgan fingerprint density at radius 1 is 1.03 bits per heavy atom. The van der Waals surface area contributed by atoms with Crippen molar-refractivity contribution in [1.29, 1.82) is 0 Å². The van der Waals surface area contributed by atoms with Crippen LogP contribution in [0.5, 0.6) is 0 Å². The predicted octanol–water partition coefficient (Wildman–Crippen LogP) is -1.63. The van der Waals surface area contributed by atoms with Crippen LogP contribution in [0, 0.1) is 0 Å². The van der Waals surface area contributed by atoms with E-state index in [4.69, 9.17) is 25.2 Å². The zero-order valence-electron chi connectivity index (χ0n) is 14.9. The van der Waals surface area contributed by atoms with Gasteiger partial charge in [0, 0.05) is 0 Å². The van der Waals surface area contributed by atoms with E-state index in [1.807, 2.05) is 0 Å². The average Bonchev–Trinajstić information content (AvgIpc) is 3.13. The number of nitrogens with zero attached hydrogens (tertiary/aromatic N) is 4. The van der Waals surface area contributed by atoms with Gasteiger partial charge in [0.1, 0.15) is 30.2 Å². The van der Waals surface area contributed by atoms with Crippen molar-refractivity contribution in [1.82, 2.24) is 19.5 Å². The van der Waals surface area contributed by atoms with Crippen LogP contribution < -0.4 is 5.73 Å². The van der Waals surface area contributed by atoms with Gasteiger partial charge < -0.3 is 40.3 Å². The van der Waals surface area contributed by atoms with Gasteiger partial charge in [-0.25, -0.2) is 28.6 Å². The molecule has 18 nitrogen and oxygen atoms in total. The number of phosphoric ester groups is 1. The Morgan fingerprint density at radius 3 is 2.35 bits per heavy atom. The Labute approximate surface area is 171 Å². The van der Waals surface area contributed by atoms with Crippen molar-refractivity contribution in [3.63, 3.8) is 0 Å². The van der Waals surface area contributed by atoms with Crippen molar-refractivity contribution in [2.24, 2.45) is 0 Å². The Kier molecular flexibility index (Phi) is 6.68. The van der Waals surface area contributed by atoms with Gasteiger partial charge in [-0.2, -0.15) is 8.62 Å². The monoisotopic (exact) mass is 507 g/mol. The minimum atomic E-state index is -5.70. The van der Waals surface area contributed by atoms with Gasteiger partial charge in [0.05, 0.1) is 12.9 Å². The smallest absolute Gasteiger partial charge is 0.387 e. The maximum atomic E-state index is 11.8. The third-order valence-electron chi connectivity index (χ3n) is 3.82. The number of hydrogen-bond acceptors (Lipinski definition) is 13. The molecule has 0 aliphatic carbocycles. The van der Waals surface area contributed by atoms with E-state index in [0.29, 0.717) is 0 Å². The van der Waals surface area contributed by atoms with Crippen molar-refractivity contribution >= 4 is 40.4 Å². The molecule has 2 aromatic heterocycles. The Morgan fingerprint density at radius 2 is 1.71 bits per heavy atom. The number of aromatic nitrogens is 4. The number of rotatable bonds is 8. The van der Waals surface area contributed by atoms with Crippen LogP contribution in [0.2, 0.25) is 0 Å². The number of hydrogen-bond donors (Lipinski definition) is 7. The SMILES string of the molecule is Nc1ncnc2c1ncn2[C@H]1O[C@@H](COP(=O)(O)OP(=O)(O)OP(=O)(O)O)[C@@H](O)[C@@H]1O. The van der Waals surface area contributed by atoms with E-state index < -0.39 is 54.6 Å². The fraction of sp³-hybridized carbons (Fsp3) is 0.500. The molecule has 8 N–H and O–H groups in total. The molecule has 1 fully saturated rings. The van der Waals surface area contributed by atoms with Crippen molar-refractivity contribution in [2.75, 3.05) is 12.3 Å². The molecule has 0 radical (unpaired) electrons. The predicted molar refractivity (Wildman–Crippen MR) is 95.5 cm³/mol. The summed E-state index contributed by atoms with van der Waals surface area (Å²) in [6.45, 7) is -0.956. The fourth-order valence-electron chi connectivity index (χ4n) is 2.62. The lowest BCUT2D eigenvalue weighted by Crippen LogP contribution is -2.33. The van der Waals surface area contributed by atoms with Crippen molar-refractivity contribution in [3.8, 4) is 0 Å². The van der Waals surface area contributed by atoms with E-state index in [2.05, 4.69) is 28.1 Å². The topological polar surface area (TPSA) is 279 Å². The maximum Gasteiger partial charge on any atom is 0.490 e. The van der Waals surface area contributed by atoms with Gasteiger partial charge in [-0.05, 0) is 0 Å². The highest BCUT2D eigenvalue weighted by atomic mass is 31.3. The largest absolute Gasteiger partial charge is 0.490 e. The quantitative estimate of drug-likeness (QED) is 0.197. The van der Waals surface area contributed by atoms with Gasteiger partial charge in [0.15, 0.2) is 17.7 Å². The minimum Gasteiger partial charge on any atom is -0.387 e. The van der Waals surface area contributed by atoms with Crippen molar-refractivity contribution in [2.45, 2.75) is 24.5 Å². The Balaban J connectivity index is 1.69. The molecule has 0 saturated carbocycles. The molecular weight excluding hydrogens is 491 g/mol.